The van der Waals surface area contributed by atoms with E-state index in [2.05, 4.69) is 15.6 Å². The van der Waals surface area contributed by atoms with Gasteiger partial charge < -0.3 is 20.3 Å². The van der Waals surface area contributed by atoms with Gasteiger partial charge >= 0.3 is 6.03 Å². The Bertz CT molecular complexity index is 718. The number of hydrogen-bond donors (Lipinski definition) is 2. The number of aromatic nitrogens is 1. The predicted molar refractivity (Wildman–Crippen MR) is 97.7 cm³/mol. The summed E-state index contributed by atoms with van der Waals surface area (Å²) < 4.78 is 5.27. The van der Waals surface area contributed by atoms with Gasteiger partial charge in [0.15, 0.2) is 0 Å². The highest BCUT2D eigenvalue weighted by molar-refractivity contribution is 5.97. The van der Waals surface area contributed by atoms with Crippen LogP contribution >= 0.6 is 0 Å². The van der Waals surface area contributed by atoms with E-state index in [4.69, 9.17) is 4.74 Å². The summed E-state index contributed by atoms with van der Waals surface area (Å²) in [5.74, 6) is -0.262. The van der Waals surface area contributed by atoms with Crippen molar-refractivity contribution in [2.75, 3.05) is 31.6 Å². The number of nitrogens with one attached hydrogen (secondary N) is 2. The highest BCUT2D eigenvalue weighted by atomic mass is 16.5. The van der Waals surface area contributed by atoms with Gasteiger partial charge in [-0.3, -0.25) is 9.78 Å². The summed E-state index contributed by atoms with van der Waals surface area (Å²) in [7, 11) is 0. The lowest BCUT2D eigenvalue weighted by molar-refractivity contribution is -0.118. The smallest absolute Gasteiger partial charge is 0.318 e. The minimum absolute atomic E-state index is 0.251. The average Bonchev–Trinajstić information content (AvgIpc) is 2.69. The van der Waals surface area contributed by atoms with Crippen LogP contribution in [0.1, 0.15) is 5.56 Å². The quantitative estimate of drug-likeness (QED) is 0.856. The molecule has 7 heteroatoms. The molecule has 3 rings (SSSR count). The molecule has 26 heavy (non-hydrogen) atoms. The van der Waals surface area contributed by atoms with Crippen molar-refractivity contribution in [3.8, 4) is 0 Å². The third-order valence-electron chi connectivity index (χ3n) is 4.14. The van der Waals surface area contributed by atoms with Gasteiger partial charge in [-0.05, 0) is 17.7 Å². The van der Waals surface area contributed by atoms with Crippen LogP contribution in [0.4, 0.5) is 10.5 Å². The number of nitrogens with zero attached hydrogens (tertiary/aromatic N) is 2. The van der Waals surface area contributed by atoms with Gasteiger partial charge in [-0.25, -0.2) is 4.79 Å². The first-order valence-corrected chi connectivity index (χ1v) is 8.60. The zero-order valence-electron chi connectivity index (χ0n) is 14.4. The standard InChI is InChI=1S/C19H22N4O3/c24-18(21-16-6-8-20-9-7-16)17(14-15-4-2-1-3-5-15)22-19(25)23-10-12-26-13-11-23/h1-9,17H,10-14H2,(H,22,25)(H,20,21,24). The predicted octanol–water partition coefficient (Wildman–Crippen LogP) is 1.67. The van der Waals surface area contributed by atoms with Crippen molar-refractivity contribution in [2.45, 2.75) is 12.5 Å². The summed E-state index contributed by atoms with van der Waals surface area (Å²) in [6.07, 6.45) is 3.62. The van der Waals surface area contributed by atoms with Crippen molar-refractivity contribution in [3.05, 3.63) is 60.4 Å². The van der Waals surface area contributed by atoms with Gasteiger partial charge in [0.05, 0.1) is 13.2 Å². The van der Waals surface area contributed by atoms with Crippen molar-refractivity contribution in [1.82, 2.24) is 15.2 Å². The van der Waals surface area contributed by atoms with Crippen LogP contribution in [0.25, 0.3) is 0 Å². The Morgan fingerprint density at radius 1 is 1.08 bits per heavy atom. The molecule has 2 heterocycles. The Morgan fingerprint density at radius 2 is 1.77 bits per heavy atom. The molecule has 0 bridgehead atoms. The summed E-state index contributed by atoms with van der Waals surface area (Å²) in [6, 6.07) is 12.1. The second-order valence-electron chi connectivity index (χ2n) is 6.02. The molecule has 1 aliphatic heterocycles. The summed E-state index contributed by atoms with van der Waals surface area (Å²) in [6.45, 7) is 2.08. The van der Waals surface area contributed by atoms with E-state index in [1.165, 1.54) is 0 Å². The minimum Gasteiger partial charge on any atom is -0.378 e. The van der Waals surface area contributed by atoms with E-state index in [0.29, 0.717) is 38.4 Å². The van der Waals surface area contributed by atoms with Crippen LogP contribution in [0.15, 0.2) is 54.9 Å². The van der Waals surface area contributed by atoms with Crippen molar-refractivity contribution < 1.29 is 14.3 Å². The van der Waals surface area contributed by atoms with Crippen LogP contribution in [0.2, 0.25) is 0 Å². The van der Waals surface area contributed by atoms with Crippen molar-refractivity contribution in [1.29, 1.82) is 0 Å². The molecule has 0 aliphatic carbocycles. The SMILES string of the molecule is O=C(Nc1ccncc1)C(Cc1ccccc1)NC(=O)N1CCOCC1. The number of rotatable bonds is 5. The largest absolute Gasteiger partial charge is 0.378 e. The number of ether oxygens (including phenoxy) is 1. The van der Waals surface area contributed by atoms with Gasteiger partial charge in [0.1, 0.15) is 6.04 Å². The molecule has 1 aromatic carbocycles. The molecule has 136 valence electrons. The van der Waals surface area contributed by atoms with E-state index < -0.39 is 6.04 Å². The van der Waals surface area contributed by atoms with Gasteiger partial charge in [0.2, 0.25) is 5.91 Å². The van der Waals surface area contributed by atoms with E-state index in [1.807, 2.05) is 30.3 Å². The molecule has 1 unspecified atom stereocenters. The Morgan fingerprint density at radius 3 is 2.46 bits per heavy atom. The summed E-state index contributed by atoms with van der Waals surface area (Å²) in [5.41, 5.74) is 1.62. The lowest BCUT2D eigenvalue weighted by Gasteiger charge is -2.29. The van der Waals surface area contributed by atoms with Crippen LogP contribution in [-0.2, 0) is 16.0 Å². The first kappa shape index (κ1) is 17.9. The number of benzene rings is 1. The Hall–Kier alpha value is -2.93. The van der Waals surface area contributed by atoms with Crippen molar-refractivity contribution >= 4 is 17.6 Å². The van der Waals surface area contributed by atoms with Crippen LogP contribution in [0.3, 0.4) is 0 Å². The van der Waals surface area contributed by atoms with Crippen LogP contribution in [0, 0.1) is 0 Å². The summed E-state index contributed by atoms with van der Waals surface area (Å²) >= 11 is 0. The van der Waals surface area contributed by atoms with E-state index in [9.17, 15) is 9.59 Å². The third-order valence-corrected chi connectivity index (χ3v) is 4.14. The van der Waals surface area contributed by atoms with Gasteiger partial charge in [-0.15, -0.1) is 0 Å². The maximum Gasteiger partial charge on any atom is 0.318 e. The first-order chi connectivity index (χ1) is 12.7. The molecule has 1 saturated heterocycles. The fourth-order valence-electron chi connectivity index (χ4n) is 2.73. The van der Waals surface area contributed by atoms with Gasteiger partial charge in [-0.2, -0.15) is 0 Å². The highest BCUT2D eigenvalue weighted by Gasteiger charge is 2.25. The number of urea groups is 1. The molecule has 3 amide bonds. The topological polar surface area (TPSA) is 83.6 Å². The molecule has 0 saturated carbocycles. The average molecular weight is 354 g/mol. The lowest BCUT2D eigenvalue weighted by Crippen LogP contribution is -2.53. The molecular weight excluding hydrogens is 332 g/mol. The molecule has 0 spiro atoms. The first-order valence-electron chi connectivity index (χ1n) is 8.60. The molecule has 1 atom stereocenters. The molecule has 2 aromatic rings. The molecule has 0 radical (unpaired) electrons. The van der Waals surface area contributed by atoms with E-state index in [0.717, 1.165) is 5.56 Å². The molecule has 7 nitrogen and oxygen atoms in total. The summed E-state index contributed by atoms with van der Waals surface area (Å²) in [4.78, 5) is 30.9. The Balaban J connectivity index is 1.70. The number of morpholine rings is 1. The van der Waals surface area contributed by atoms with Crippen LogP contribution in [0.5, 0.6) is 0 Å². The zero-order chi connectivity index (χ0) is 18.2. The molecule has 2 N–H and O–H groups in total. The monoisotopic (exact) mass is 354 g/mol. The highest BCUT2D eigenvalue weighted by Crippen LogP contribution is 2.09. The Labute approximate surface area is 152 Å². The van der Waals surface area contributed by atoms with E-state index >= 15 is 0 Å². The third kappa shape index (κ3) is 5.03. The van der Waals surface area contributed by atoms with Gasteiger partial charge in [0.25, 0.3) is 0 Å². The number of anilines is 1. The molecule has 1 aliphatic rings. The fourth-order valence-corrected chi connectivity index (χ4v) is 2.73. The number of carbonyl (C=O) groups is 2. The minimum atomic E-state index is -0.680. The normalized spacial score (nSPS) is 15.2. The zero-order valence-corrected chi connectivity index (χ0v) is 14.4. The second-order valence-corrected chi connectivity index (χ2v) is 6.02. The Kier molecular flexibility index (Phi) is 6.16. The van der Waals surface area contributed by atoms with Crippen LogP contribution in [-0.4, -0.2) is 54.2 Å². The number of pyridine rings is 1. The number of carbonyl (C=O) groups excluding carboxylic acids is 2. The van der Waals surface area contributed by atoms with E-state index in [-0.39, 0.29) is 11.9 Å². The van der Waals surface area contributed by atoms with Gasteiger partial charge in [-0.1, -0.05) is 30.3 Å². The fraction of sp³-hybridized carbons (Fsp3) is 0.316. The lowest BCUT2D eigenvalue weighted by atomic mass is 10.1. The van der Waals surface area contributed by atoms with Crippen molar-refractivity contribution in [3.63, 3.8) is 0 Å². The molecule has 1 aromatic heterocycles. The number of hydrogen-bond acceptors (Lipinski definition) is 4. The number of amides is 3. The van der Waals surface area contributed by atoms with E-state index in [1.54, 1.807) is 29.4 Å². The maximum atomic E-state index is 12.7. The van der Waals surface area contributed by atoms with Gasteiger partial charge in [0, 0.05) is 37.6 Å². The van der Waals surface area contributed by atoms with Crippen LogP contribution < -0.4 is 10.6 Å². The summed E-state index contributed by atoms with van der Waals surface area (Å²) in [5, 5.41) is 5.69. The maximum absolute atomic E-state index is 12.7. The molecular formula is C19H22N4O3. The second kappa shape index (κ2) is 8.96. The molecule has 1 fully saturated rings. The van der Waals surface area contributed by atoms with Crippen molar-refractivity contribution in [2.24, 2.45) is 0 Å².